The van der Waals surface area contributed by atoms with Crippen LogP contribution in [-0.4, -0.2) is 9.97 Å². The molecule has 3 N–H and O–H groups in total. The summed E-state index contributed by atoms with van der Waals surface area (Å²) in [5.41, 5.74) is 12.3. The maximum atomic E-state index is 13.5. The first-order chi connectivity index (χ1) is 12.1. The molecule has 0 unspecified atom stereocenters. The van der Waals surface area contributed by atoms with Gasteiger partial charge in [0.1, 0.15) is 5.82 Å². The fraction of sp³-hybridized carbons (Fsp3) is 0.0500. The van der Waals surface area contributed by atoms with Gasteiger partial charge in [0.25, 0.3) is 0 Å². The van der Waals surface area contributed by atoms with E-state index in [1.807, 2.05) is 42.5 Å². The van der Waals surface area contributed by atoms with Crippen LogP contribution in [-0.2, 0) is 0 Å². The molecule has 0 radical (unpaired) electrons. The molecule has 0 fully saturated rings. The van der Waals surface area contributed by atoms with Crippen molar-refractivity contribution in [2.75, 3.05) is 0 Å². The van der Waals surface area contributed by atoms with Crippen molar-refractivity contribution in [2.45, 2.75) is 6.04 Å². The van der Waals surface area contributed by atoms with E-state index < -0.39 is 11.6 Å². The highest BCUT2D eigenvalue weighted by molar-refractivity contribution is 5.91. The summed E-state index contributed by atoms with van der Waals surface area (Å²) in [6, 6.07) is 15.9. The number of H-pyrrole nitrogens is 1. The highest BCUT2D eigenvalue weighted by Gasteiger charge is 2.28. The normalized spacial score (nSPS) is 15.4. The molecule has 3 aromatic carbocycles. The molecule has 1 aromatic heterocycles. The van der Waals surface area contributed by atoms with Gasteiger partial charge in [-0.3, -0.25) is 0 Å². The summed E-state index contributed by atoms with van der Waals surface area (Å²) in [5, 5.41) is 0. The lowest BCUT2D eigenvalue weighted by atomic mass is 9.99. The van der Waals surface area contributed by atoms with Gasteiger partial charge in [0.15, 0.2) is 11.6 Å². The van der Waals surface area contributed by atoms with Crippen molar-refractivity contribution in [3.63, 3.8) is 0 Å². The Labute approximate surface area is 142 Å². The van der Waals surface area contributed by atoms with Gasteiger partial charge in [-0.05, 0) is 22.3 Å². The Morgan fingerprint density at radius 1 is 0.880 bits per heavy atom. The van der Waals surface area contributed by atoms with Crippen LogP contribution < -0.4 is 5.73 Å². The fourth-order valence-electron chi connectivity index (χ4n) is 3.62. The Morgan fingerprint density at radius 2 is 1.60 bits per heavy atom. The number of fused-ring (bicyclic) bond motifs is 4. The highest BCUT2D eigenvalue weighted by Crippen LogP contribution is 2.46. The van der Waals surface area contributed by atoms with E-state index in [4.69, 9.17) is 5.73 Å². The third-order valence-corrected chi connectivity index (χ3v) is 4.78. The number of nitrogens with zero attached hydrogens (tertiary/aromatic N) is 1. The van der Waals surface area contributed by atoms with Crippen molar-refractivity contribution in [1.82, 2.24) is 9.97 Å². The summed E-state index contributed by atoms with van der Waals surface area (Å²) in [6.45, 7) is 0. The first-order valence-corrected chi connectivity index (χ1v) is 7.96. The number of benzene rings is 3. The zero-order valence-corrected chi connectivity index (χ0v) is 13.1. The van der Waals surface area contributed by atoms with Crippen molar-refractivity contribution < 1.29 is 8.78 Å². The Morgan fingerprint density at radius 3 is 2.48 bits per heavy atom. The highest BCUT2D eigenvalue weighted by atomic mass is 19.2. The third kappa shape index (κ3) is 1.96. The molecule has 5 rings (SSSR count). The third-order valence-electron chi connectivity index (χ3n) is 4.78. The van der Waals surface area contributed by atoms with Crippen LogP contribution in [0.3, 0.4) is 0 Å². The van der Waals surface area contributed by atoms with Crippen molar-refractivity contribution >= 4 is 11.0 Å². The van der Waals surface area contributed by atoms with E-state index in [1.165, 1.54) is 0 Å². The fourth-order valence-corrected chi connectivity index (χ4v) is 3.62. The van der Waals surface area contributed by atoms with Gasteiger partial charge in [-0.15, -0.1) is 0 Å². The van der Waals surface area contributed by atoms with Gasteiger partial charge in [-0.25, -0.2) is 13.8 Å². The smallest absolute Gasteiger partial charge is 0.161 e. The van der Waals surface area contributed by atoms with E-state index in [0.29, 0.717) is 16.9 Å². The predicted molar refractivity (Wildman–Crippen MR) is 92.9 cm³/mol. The van der Waals surface area contributed by atoms with Crippen molar-refractivity contribution in [3.8, 4) is 22.5 Å². The number of aromatic nitrogens is 2. The lowest BCUT2D eigenvalue weighted by Crippen LogP contribution is -2.07. The minimum atomic E-state index is -0.906. The molecular formula is C20H13F2N3. The van der Waals surface area contributed by atoms with Gasteiger partial charge >= 0.3 is 0 Å². The lowest BCUT2D eigenvalue weighted by Gasteiger charge is -2.08. The quantitative estimate of drug-likeness (QED) is 0.537. The van der Waals surface area contributed by atoms with E-state index in [0.717, 1.165) is 39.9 Å². The average Bonchev–Trinajstić information content (AvgIpc) is 3.15. The second-order valence-electron chi connectivity index (χ2n) is 6.20. The summed E-state index contributed by atoms with van der Waals surface area (Å²) in [4.78, 5) is 7.55. The molecule has 1 aliphatic carbocycles. The first-order valence-electron chi connectivity index (χ1n) is 7.96. The Balaban J connectivity index is 1.78. The maximum absolute atomic E-state index is 13.5. The molecule has 122 valence electrons. The second-order valence-corrected chi connectivity index (χ2v) is 6.20. The van der Waals surface area contributed by atoms with Crippen LogP contribution in [0, 0.1) is 11.6 Å². The standard InChI is InChI=1S/C20H13F2N3/c21-14-8-16-17(9-15(14)22)25-20(24-16)13-7-3-6-12-18(13)10-4-1-2-5-11(10)19(12)23/h1-9,19H,23H2,(H,24,25)/t19-/m1/s1. The summed E-state index contributed by atoms with van der Waals surface area (Å²) in [5.74, 6) is -1.23. The number of nitrogens with one attached hydrogen (secondary N) is 1. The SMILES string of the molecule is N[C@@H]1c2ccccc2-c2c(-c3nc4cc(F)c(F)cc4[nH]3)cccc21. The zero-order chi connectivity index (χ0) is 17.1. The summed E-state index contributed by atoms with van der Waals surface area (Å²) in [6.07, 6.45) is 0. The largest absolute Gasteiger partial charge is 0.338 e. The van der Waals surface area contributed by atoms with E-state index in [1.54, 1.807) is 0 Å². The minimum Gasteiger partial charge on any atom is -0.338 e. The van der Waals surface area contributed by atoms with Gasteiger partial charge < -0.3 is 10.7 Å². The predicted octanol–water partition coefficient (Wildman–Crippen LogP) is 4.54. The molecule has 0 amide bonds. The number of hydrogen-bond donors (Lipinski definition) is 2. The van der Waals surface area contributed by atoms with Crippen LogP contribution in [0.25, 0.3) is 33.5 Å². The Kier molecular flexibility index (Phi) is 2.85. The second kappa shape index (κ2) is 4.97. The molecule has 3 nitrogen and oxygen atoms in total. The molecule has 1 heterocycles. The molecule has 5 heteroatoms. The lowest BCUT2D eigenvalue weighted by molar-refractivity contribution is 0.510. The van der Waals surface area contributed by atoms with E-state index in [-0.39, 0.29) is 6.04 Å². The van der Waals surface area contributed by atoms with Crippen molar-refractivity contribution in [3.05, 3.63) is 77.4 Å². The summed E-state index contributed by atoms with van der Waals surface area (Å²) >= 11 is 0. The molecule has 0 saturated carbocycles. The summed E-state index contributed by atoms with van der Waals surface area (Å²) < 4.78 is 27.0. The molecule has 4 aromatic rings. The number of halogens is 2. The topological polar surface area (TPSA) is 54.7 Å². The number of nitrogens with two attached hydrogens (primary N) is 1. The molecule has 0 saturated heterocycles. The molecular weight excluding hydrogens is 320 g/mol. The monoisotopic (exact) mass is 333 g/mol. The van der Waals surface area contributed by atoms with Crippen LogP contribution in [0.4, 0.5) is 8.78 Å². The van der Waals surface area contributed by atoms with Crippen molar-refractivity contribution in [2.24, 2.45) is 5.73 Å². The van der Waals surface area contributed by atoms with Gasteiger partial charge in [-0.2, -0.15) is 0 Å². The van der Waals surface area contributed by atoms with Gasteiger partial charge in [-0.1, -0.05) is 42.5 Å². The van der Waals surface area contributed by atoms with Gasteiger partial charge in [0.05, 0.1) is 17.1 Å². The number of hydrogen-bond acceptors (Lipinski definition) is 2. The number of aromatic amines is 1. The Hall–Kier alpha value is -3.05. The zero-order valence-electron chi connectivity index (χ0n) is 13.1. The Bertz CT molecular complexity index is 1110. The van der Waals surface area contributed by atoms with Gasteiger partial charge in [0.2, 0.25) is 0 Å². The average molecular weight is 333 g/mol. The van der Waals surface area contributed by atoms with Crippen LogP contribution >= 0.6 is 0 Å². The minimum absolute atomic E-state index is 0.189. The summed E-state index contributed by atoms with van der Waals surface area (Å²) in [7, 11) is 0. The van der Waals surface area contributed by atoms with Crippen LogP contribution in [0.5, 0.6) is 0 Å². The maximum Gasteiger partial charge on any atom is 0.161 e. The van der Waals surface area contributed by atoms with Crippen LogP contribution in [0.2, 0.25) is 0 Å². The van der Waals surface area contributed by atoms with Crippen LogP contribution in [0.15, 0.2) is 54.6 Å². The van der Waals surface area contributed by atoms with E-state index >= 15 is 0 Å². The molecule has 1 atom stereocenters. The molecule has 1 aliphatic rings. The van der Waals surface area contributed by atoms with Crippen LogP contribution in [0.1, 0.15) is 17.2 Å². The number of rotatable bonds is 1. The number of imidazole rings is 1. The molecule has 0 aliphatic heterocycles. The van der Waals surface area contributed by atoms with E-state index in [9.17, 15) is 8.78 Å². The first kappa shape index (κ1) is 14.3. The van der Waals surface area contributed by atoms with Gasteiger partial charge in [0, 0.05) is 17.7 Å². The molecule has 0 spiro atoms. The molecule has 0 bridgehead atoms. The van der Waals surface area contributed by atoms with E-state index in [2.05, 4.69) is 9.97 Å². The molecule has 25 heavy (non-hydrogen) atoms. The van der Waals surface area contributed by atoms with Crippen molar-refractivity contribution in [1.29, 1.82) is 0 Å².